The fourth-order valence-electron chi connectivity index (χ4n) is 1.49. The maximum atomic E-state index is 12.3. The molecule has 8 nitrogen and oxygen atoms in total. The topological polar surface area (TPSA) is 106 Å². The van der Waals surface area contributed by atoms with E-state index in [9.17, 15) is 22.8 Å². The van der Waals surface area contributed by atoms with E-state index in [-0.39, 0.29) is 25.3 Å². The van der Waals surface area contributed by atoms with E-state index in [4.69, 9.17) is 0 Å². The van der Waals surface area contributed by atoms with Crippen LogP contribution in [-0.4, -0.2) is 32.4 Å². The molecule has 114 valence electrons. The Hall–Kier alpha value is -2.59. The average molecular weight is 305 g/mol. The molecule has 0 aliphatic carbocycles. The molecule has 2 aromatic rings. The first kappa shape index (κ1) is 14.8. The van der Waals surface area contributed by atoms with Crippen LogP contribution < -0.4 is 11.1 Å². The summed E-state index contributed by atoms with van der Waals surface area (Å²) in [5, 5.41) is 9.09. The van der Waals surface area contributed by atoms with Crippen LogP contribution in [0.3, 0.4) is 0 Å². The van der Waals surface area contributed by atoms with Crippen LogP contribution in [0.4, 0.5) is 13.2 Å². The summed E-state index contributed by atoms with van der Waals surface area (Å²) in [6.07, 6.45) is -3.25. The molecule has 2 aromatic heterocycles. The minimum Gasteiger partial charge on any atom is -0.354 e. The van der Waals surface area contributed by atoms with Crippen LogP contribution >= 0.6 is 0 Å². The number of aromatic amines is 1. The number of hydrogen-bond donors (Lipinski definition) is 2. The van der Waals surface area contributed by atoms with Crippen molar-refractivity contribution in [3.05, 3.63) is 34.3 Å². The van der Waals surface area contributed by atoms with Gasteiger partial charge in [0.15, 0.2) is 11.5 Å². The maximum absolute atomic E-state index is 12.3. The fraction of sp³-hybridized carbons (Fsp3) is 0.400. The summed E-state index contributed by atoms with van der Waals surface area (Å²) in [5.41, 5.74) is -1.06. The number of H-pyrrole nitrogens is 1. The van der Waals surface area contributed by atoms with Gasteiger partial charge in [0.2, 0.25) is 5.91 Å². The second-order valence-electron chi connectivity index (χ2n) is 4.04. The van der Waals surface area contributed by atoms with Crippen LogP contribution in [0, 0.1) is 0 Å². The molecule has 2 rings (SSSR count). The highest BCUT2D eigenvalue weighted by Crippen LogP contribution is 2.27. The molecule has 2 N–H and O–H groups in total. The van der Waals surface area contributed by atoms with Crippen LogP contribution in [-0.2, 0) is 23.9 Å². The molecular weight excluding hydrogens is 295 g/mol. The molecule has 11 heteroatoms. The van der Waals surface area contributed by atoms with E-state index in [1.165, 1.54) is 0 Å². The van der Waals surface area contributed by atoms with Gasteiger partial charge in [0.05, 0.1) is 0 Å². The van der Waals surface area contributed by atoms with Gasteiger partial charge in [-0.25, -0.2) is 4.79 Å². The van der Waals surface area contributed by atoms with Crippen molar-refractivity contribution in [3.8, 4) is 0 Å². The third-order valence-electron chi connectivity index (χ3n) is 2.41. The van der Waals surface area contributed by atoms with Crippen LogP contribution in [0.15, 0.2) is 21.6 Å². The molecule has 0 saturated carbocycles. The minimum absolute atomic E-state index is 0.148. The predicted octanol–water partition coefficient (Wildman–Crippen LogP) is -0.0629. The Morgan fingerprint density at radius 2 is 2.24 bits per heavy atom. The standard InChI is InChI=1S/C10H10F3N5O3/c11-10(12,13)6-2-4-18(16-6)5-8(19)14-3-1-7-15-9(20)21-17-7/h2,4H,1,3,5H2,(H,14,19)(H,15,17,20). The second-order valence-corrected chi connectivity index (χ2v) is 4.04. The molecule has 21 heavy (non-hydrogen) atoms. The first-order valence-electron chi connectivity index (χ1n) is 5.77. The Balaban J connectivity index is 1.79. The van der Waals surface area contributed by atoms with E-state index in [1.807, 2.05) is 0 Å². The zero-order chi connectivity index (χ0) is 15.5. The van der Waals surface area contributed by atoms with Crippen molar-refractivity contribution in [3.63, 3.8) is 0 Å². The van der Waals surface area contributed by atoms with E-state index >= 15 is 0 Å². The molecule has 0 fully saturated rings. The van der Waals surface area contributed by atoms with Gasteiger partial charge in [-0.3, -0.25) is 19.0 Å². The zero-order valence-corrected chi connectivity index (χ0v) is 10.5. The number of nitrogens with one attached hydrogen (secondary N) is 2. The third-order valence-corrected chi connectivity index (χ3v) is 2.41. The SMILES string of the molecule is O=C(Cn1ccc(C(F)(F)F)n1)NCCc1noc(=O)[nH]1. The van der Waals surface area contributed by atoms with E-state index in [0.29, 0.717) is 0 Å². The Bertz CT molecular complexity index is 672. The number of alkyl halides is 3. The lowest BCUT2D eigenvalue weighted by atomic mass is 10.4. The number of halogens is 3. The largest absolute Gasteiger partial charge is 0.438 e. The lowest BCUT2D eigenvalue weighted by molar-refractivity contribution is -0.141. The number of aromatic nitrogens is 4. The molecule has 1 amide bonds. The number of hydrogen-bond acceptors (Lipinski definition) is 5. The van der Waals surface area contributed by atoms with Crippen molar-refractivity contribution >= 4 is 5.91 Å². The molecule has 0 saturated heterocycles. The molecule has 0 aliphatic heterocycles. The number of carbonyl (C=O) groups is 1. The lowest BCUT2D eigenvalue weighted by Crippen LogP contribution is -2.30. The Morgan fingerprint density at radius 3 is 2.81 bits per heavy atom. The molecule has 0 aliphatic rings. The maximum Gasteiger partial charge on any atom is 0.438 e. The number of amides is 1. The molecule has 0 bridgehead atoms. The highest BCUT2D eigenvalue weighted by Gasteiger charge is 2.33. The first-order valence-corrected chi connectivity index (χ1v) is 5.77. The normalized spacial score (nSPS) is 11.6. The Morgan fingerprint density at radius 1 is 1.48 bits per heavy atom. The van der Waals surface area contributed by atoms with E-state index < -0.39 is 23.5 Å². The zero-order valence-electron chi connectivity index (χ0n) is 10.5. The van der Waals surface area contributed by atoms with Gasteiger partial charge in [-0.15, -0.1) is 0 Å². The molecule has 0 unspecified atom stereocenters. The summed E-state index contributed by atoms with van der Waals surface area (Å²) in [7, 11) is 0. The summed E-state index contributed by atoms with van der Waals surface area (Å²) in [4.78, 5) is 24.4. The quantitative estimate of drug-likeness (QED) is 0.805. The Labute approximate surface area is 114 Å². The van der Waals surface area contributed by atoms with Crippen molar-refractivity contribution in [2.75, 3.05) is 6.54 Å². The van der Waals surface area contributed by atoms with Crippen molar-refractivity contribution in [1.82, 2.24) is 25.2 Å². The number of carbonyl (C=O) groups excluding carboxylic acids is 1. The van der Waals surface area contributed by atoms with Crippen LogP contribution in [0.2, 0.25) is 0 Å². The van der Waals surface area contributed by atoms with E-state index in [2.05, 4.69) is 25.1 Å². The first-order chi connectivity index (χ1) is 9.84. The second kappa shape index (κ2) is 5.81. The van der Waals surface area contributed by atoms with Gasteiger partial charge in [-0.2, -0.15) is 18.3 Å². The van der Waals surface area contributed by atoms with Crippen molar-refractivity contribution in [2.45, 2.75) is 19.1 Å². The molecular formula is C10H10F3N5O3. The third kappa shape index (κ3) is 4.19. The fourth-order valence-corrected chi connectivity index (χ4v) is 1.49. The van der Waals surface area contributed by atoms with Crippen LogP contribution in [0.25, 0.3) is 0 Å². The van der Waals surface area contributed by atoms with Gasteiger partial charge in [0.1, 0.15) is 6.54 Å². The van der Waals surface area contributed by atoms with Crippen molar-refractivity contribution < 1.29 is 22.5 Å². The van der Waals surface area contributed by atoms with E-state index in [0.717, 1.165) is 16.9 Å². The van der Waals surface area contributed by atoms with Crippen molar-refractivity contribution in [1.29, 1.82) is 0 Å². The molecule has 0 aromatic carbocycles. The summed E-state index contributed by atoms with van der Waals surface area (Å²) in [6.45, 7) is -0.194. The number of nitrogens with zero attached hydrogens (tertiary/aromatic N) is 3. The predicted molar refractivity (Wildman–Crippen MR) is 61.1 cm³/mol. The van der Waals surface area contributed by atoms with Gasteiger partial charge >= 0.3 is 11.9 Å². The van der Waals surface area contributed by atoms with Gasteiger partial charge in [-0.05, 0) is 6.07 Å². The Kier molecular flexibility index (Phi) is 4.10. The highest BCUT2D eigenvalue weighted by atomic mass is 19.4. The van der Waals surface area contributed by atoms with Crippen LogP contribution in [0.5, 0.6) is 0 Å². The summed E-state index contributed by atoms with van der Waals surface area (Å²) >= 11 is 0. The molecule has 0 spiro atoms. The highest BCUT2D eigenvalue weighted by molar-refractivity contribution is 5.75. The van der Waals surface area contributed by atoms with Gasteiger partial charge in [0.25, 0.3) is 0 Å². The van der Waals surface area contributed by atoms with E-state index in [1.54, 1.807) is 0 Å². The summed E-state index contributed by atoms with van der Waals surface area (Å²) in [6, 6.07) is 0.785. The molecule has 2 heterocycles. The molecule has 0 radical (unpaired) electrons. The minimum atomic E-state index is -4.54. The lowest BCUT2D eigenvalue weighted by Gasteiger charge is -2.04. The van der Waals surface area contributed by atoms with Crippen LogP contribution in [0.1, 0.15) is 11.5 Å². The average Bonchev–Trinajstić information content (AvgIpc) is 2.98. The van der Waals surface area contributed by atoms with Gasteiger partial charge < -0.3 is 5.32 Å². The van der Waals surface area contributed by atoms with Gasteiger partial charge in [-0.1, -0.05) is 5.16 Å². The summed E-state index contributed by atoms with van der Waals surface area (Å²) in [5.74, 6) is -0.955. The van der Waals surface area contributed by atoms with Crippen molar-refractivity contribution in [2.24, 2.45) is 0 Å². The van der Waals surface area contributed by atoms with Gasteiger partial charge in [0, 0.05) is 19.2 Å². The summed E-state index contributed by atoms with van der Waals surface area (Å²) < 4.78 is 42.1. The number of rotatable bonds is 5. The monoisotopic (exact) mass is 305 g/mol. The molecule has 0 atom stereocenters. The smallest absolute Gasteiger partial charge is 0.354 e.